The molecule has 0 bridgehead atoms. The maximum Gasteiger partial charge on any atom is 0.410 e. The van der Waals surface area contributed by atoms with Gasteiger partial charge in [-0.15, -0.1) is 0 Å². The van der Waals surface area contributed by atoms with Crippen LogP contribution in [-0.4, -0.2) is 51.8 Å². The summed E-state index contributed by atoms with van der Waals surface area (Å²) in [5, 5.41) is 17.7. The van der Waals surface area contributed by atoms with Gasteiger partial charge < -0.3 is 19.8 Å². The molecule has 2 atom stereocenters. The van der Waals surface area contributed by atoms with Crippen LogP contribution in [0.4, 0.5) is 4.79 Å². The molecule has 1 amide bonds. The normalized spacial score (nSPS) is 22.6. The molecule has 1 aliphatic heterocycles. The van der Waals surface area contributed by atoms with E-state index in [0.29, 0.717) is 0 Å². The first-order chi connectivity index (χ1) is 9.08. The van der Waals surface area contributed by atoms with Crippen LogP contribution in [0.1, 0.15) is 33.6 Å². The lowest BCUT2D eigenvalue weighted by molar-refractivity contribution is -0.141. The summed E-state index contributed by atoms with van der Waals surface area (Å²) in [5.74, 6) is -2.68. The second-order valence-corrected chi connectivity index (χ2v) is 6.10. The van der Waals surface area contributed by atoms with Crippen molar-refractivity contribution in [2.45, 2.75) is 39.2 Å². The summed E-state index contributed by atoms with van der Waals surface area (Å²) < 4.78 is 5.22. The fourth-order valence-electron chi connectivity index (χ4n) is 2.33. The van der Waals surface area contributed by atoms with E-state index in [1.807, 2.05) is 0 Å². The minimum atomic E-state index is -0.989. The van der Waals surface area contributed by atoms with Crippen LogP contribution in [0.5, 0.6) is 0 Å². The number of aliphatic carboxylic acids is 2. The molecule has 20 heavy (non-hydrogen) atoms. The summed E-state index contributed by atoms with van der Waals surface area (Å²) in [6, 6.07) is 0. The highest BCUT2D eigenvalue weighted by atomic mass is 16.6. The van der Waals surface area contributed by atoms with E-state index in [1.54, 1.807) is 20.8 Å². The Labute approximate surface area is 117 Å². The number of hydrogen-bond donors (Lipinski definition) is 2. The Balaban J connectivity index is 2.70. The molecule has 1 aliphatic rings. The third-order valence-electron chi connectivity index (χ3n) is 3.10. The van der Waals surface area contributed by atoms with Crippen LogP contribution >= 0.6 is 0 Å². The maximum atomic E-state index is 11.9. The number of rotatable bonds is 4. The summed E-state index contributed by atoms with van der Waals surface area (Å²) >= 11 is 0. The predicted octanol–water partition coefficient (Wildman–Crippen LogP) is 1.42. The summed E-state index contributed by atoms with van der Waals surface area (Å²) in [7, 11) is 0. The first-order valence-electron chi connectivity index (χ1n) is 6.50. The van der Waals surface area contributed by atoms with Gasteiger partial charge in [-0.1, -0.05) is 0 Å². The Morgan fingerprint density at radius 1 is 1.05 bits per heavy atom. The lowest BCUT2D eigenvalue weighted by Crippen LogP contribution is -2.35. The fraction of sp³-hybridized carbons (Fsp3) is 0.769. The van der Waals surface area contributed by atoms with Gasteiger partial charge in [0, 0.05) is 13.1 Å². The summed E-state index contributed by atoms with van der Waals surface area (Å²) in [4.78, 5) is 34.9. The quantitative estimate of drug-likeness (QED) is 0.810. The highest BCUT2D eigenvalue weighted by molar-refractivity contribution is 5.71. The van der Waals surface area contributed by atoms with Crippen LogP contribution < -0.4 is 0 Å². The van der Waals surface area contributed by atoms with Crippen molar-refractivity contribution in [3.63, 3.8) is 0 Å². The number of likely N-dealkylation sites (tertiary alicyclic amines) is 1. The van der Waals surface area contributed by atoms with Gasteiger partial charge in [-0.2, -0.15) is 0 Å². The van der Waals surface area contributed by atoms with Gasteiger partial charge in [0.1, 0.15) is 5.60 Å². The summed E-state index contributed by atoms with van der Waals surface area (Å²) in [6.07, 6.45) is -0.810. The molecule has 0 saturated carbocycles. The van der Waals surface area contributed by atoms with Crippen LogP contribution in [0.3, 0.4) is 0 Å². The second kappa shape index (κ2) is 6.11. The molecule has 0 spiro atoms. The lowest BCUT2D eigenvalue weighted by Gasteiger charge is -2.24. The summed E-state index contributed by atoms with van der Waals surface area (Å²) in [5.41, 5.74) is -0.635. The minimum absolute atomic E-state index is 0.142. The molecule has 7 heteroatoms. The van der Waals surface area contributed by atoms with Crippen LogP contribution in [0.25, 0.3) is 0 Å². The van der Waals surface area contributed by atoms with E-state index in [-0.39, 0.29) is 37.8 Å². The molecule has 0 aromatic carbocycles. The Morgan fingerprint density at radius 3 is 1.75 bits per heavy atom. The standard InChI is InChI=1S/C13H21NO6/c1-13(2,3)20-12(19)14-6-8(4-10(15)16)9(7-14)5-11(17)18/h8-9H,4-7H2,1-3H3,(H,15,16)(H,17,18). The van der Waals surface area contributed by atoms with E-state index in [1.165, 1.54) is 4.90 Å². The maximum absolute atomic E-state index is 11.9. The molecule has 0 aliphatic carbocycles. The molecule has 114 valence electrons. The lowest BCUT2D eigenvalue weighted by atomic mass is 9.90. The van der Waals surface area contributed by atoms with Crippen LogP contribution in [-0.2, 0) is 14.3 Å². The van der Waals surface area contributed by atoms with Crippen LogP contribution in [0, 0.1) is 11.8 Å². The Hall–Kier alpha value is -1.79. The third kappa shape index (κ3) is 5.07. The Bertz CT molecular complexity index is 376. The minimum Gasteiger partial charge on any atom is -0.481 e. The highest BCUT2D eigenvalue weighted by Gasteiger charge is 2.38. The van der Waals surface area contributed by atoms with Gasteiger partial charge in [0.2, 0.25) is 0 Å². The average molecular weight is 287 g/mol. The first kappa shape index (κ1) is 16.3. The second-order valence-electron chi connectivity index (χ2n) is 6.10. The van der Waals surface area contributed by atoms with Gasteiger partial charge >= 0.3 is 18.0 Å². The molecule has 7 nitrogen and oxygen atoms in total. The van der Waals surface area contributed by atoms with E-state index >= 15 is 0 Å². The zero-order chi connectivity index (χ0) is 15.5. The fourth-order valence-corrected chi connectivity index (χ4v) is 2.33. The molecule has 2 unspecified atom stereocenters. The predicted molar refractivity (Wildman–Crippen MR) is 69.3 cm³/mol. The van der Waals surface area contributed by atoms with Gasteiger partial charge in [0.05, 0.1) is 12.8 Å². The van der Waals surface area contributed by atoms with Gasteiger partial charge in [0.15, 0.2) is 0 Å². The number of carbonyl (C=O) groups excluding carboxylic acids is 1. The smallest absolute Gasteiger partial charge is 0.410 e. The molecular weight excluding hydrogens is 266 g/mol. The molecule has 2 N–H and O–H groups in total. The first-order valence-corrected chi connectivity index (χ1v) is 6.50. The van der Waals surface area contributed by atoms with Gasteiger partial charge in [-0.25, -0.2) is 4.79 Å². The topological polar surface area (TPSA) is 104 Å². The van der Waals surface area contributed by atoms with Crippen molar-refractivity contribution < 1.29 is 29.3 Å². The Kier molecular flexibility index (Phi) is 4.97. The number of carboxylic acids is 2. The van der Waals surface area contributed by atoms with E-state index in [0.717, 1.165) is 0 Å². The van der Waals surface area contributed by atoms with Gasteiger partial charge in [-0.3, -0.25) is 9.59 Å². The molecular formula is C13H21NO6. The van der Waals surface area contributed by atoms with Crippen molar-refractivity contribution in [2.24, 2.45) is 11.8 Å². The van der Waals surface area contributed by atoms with Crippen molar-refractivity contribution in [3.05, 3.63) is 0 Å². The van der Waals surface area contributed by atoms with Gasteiger partial charge in [-0.05, 0) is 32.6 Å². The molecule has 1 fully saturated rings. The third-order valence-corrected chi connectivity index (χ3v) is 3.10. The SMILES string of the molecule is CC(C)(C)OC(=O)N1CC(CC(=O)O)C(CC(=O)O)C1. The Morgan fingerprint density at radius 2 is 1.45 bits per heavy atom. The van der Waals surface area contributed by atoms with E-state index in [2.05, 4.69) is 0 Å². The van der Waals surface area contributed by atoms with E-state index < -0.39 is 23.6 Å². The summed E-state index contributed by atoms with van der Waals surface area (Å²) in [6.45, 7) is 5.66. The van der Waals surface area contributed by atoms with E-state index in [9.17, 15) is 14.4 Å². The molecule has 1 saturated heterocycles. The number of carbonyl (C=O) groups is 3. The molecule has 0 aromatic rings. The highest BCUT2D eigenvalue weighted by Crippen LogP contribution is 2.30. The van der Waals surface area contributed by atoms with Crippen molar-refractivity contribution in [2.75, 3.05) is 13.1 Å². The van der Waals surface area contributed by atoms with Crippen molar-refractivity contribution >= 4 is 18.0 Å². The number of ether oxygens (including phenoxy) is 1. The average Bonchev–Trinajstić information content (AvgIpc) is 2.57. The van der Waals surface area contributed by atoms with E-state index in [4.69, 9.17) is 14.9 Å². The number of carboxylic acid groups (broad SMARTS) is 2. The number of hydrogen-bond acceptors (Lipinski definition) is 4. The zero-order valence-corrected chi connectivity index (χ0v) is 12.0. The van der Waals surface area contributed by atoms with Crippen molar-refractivity contribution in [1.82, 2.24) is 4.90 Å². The largest absolute Gasteiger partial charge is 0.481 e. The van der Waals surface area contributed by atoms with Gasteiger partial charge in [0.25, 0.3) is 0 Å². The molecule has 0 aromatic heterocycles. The molecule has 1 rings (SSSR count). The molecule has 0 radical (unpaired) electrons. The van der Waals surface area contributed by atoms with Crippen molar-refractivity contribution in [3.8, 4) is 0 Å². The monoisotopic (exact) mass is 287 g/mol. The number of amides is 1. The number of nitrogens with zero attached hydrogens (tertiary/aromatic N) is 1. The van der Waals surface area contributed by atoms with Crippen LogP contribution in [0.15, 0.2) is 0 Å². The van der Waals surface area contributed by atoms with Crippen molar-refractivity contribution in [1.29, 1.82) is 0 Å². The molecule has 1 heterocycles. The zero-order valence-electron chi connectivity index (χ0n) is 12.0. The van der Waals surface area contributed by atoms with Crippen LogP contribution in [0.2, 0.25) is 0 Å².